The van der Waals surface area contributed by atoms with Gasteiger partial charge >= 0.3 is 6.03 Å². The molecule has 0 aromatic carbocycles. The van der Waals surface area contributed by atoms with E-state index in [1.807, 2.05) is 7.05 Å². The minimum Gasteiger partial charge on any atom is -0.331 e. The van der Waals surface area contributed by atoms with E-state index in [4.69, 9.17) is 0 Å². The molecule has 0 aliphatic carbocycles. The number of amides is 2. The van der Waals surface area contributed by atoms with Crippen molar-refractivity contribution in [3.63, 3.8) is 0 Å². The molecule has 0 aromatic heterocycles. The average molecular weight is 171 g/mol. The first-order chi connectivity index (χ1) is 5.61. The standard InChI is InChI=1S/C8H17N3O/c1-10(2)8(12)11(3)6-7-4-5-9-7/h7,9H,4-6H2,1-3H3. The van der Waals surface area contributed by atoms with Crippen molar-refractivity contribution in [3.05, 3.63) is 0 Å². The molecule has 1 rings (SSSR count). The number of carbonyl (C=O) groups is 1. The molecular formula is C8H17N3O. The van der Waals surface area contributed by atoms with Crippen molar-refractivity contribution in [2.75, 3.05) is 34.2 Å². The van der Waals surface area contributed by atoms with Crippen LogP contribution in [0.1, 0.15) is 6.42 Å². The highest BCUT2D eigenvalue weighted by atomic mass is 16.2. The fraction of sp³-hybridized carbons (Fsp3) is 0.875. The number of urea groups is 1. The van der Waals surface area contributed by atoms with Crippen LogP contribution in [-0.2, 0) is 0 Å². The summed E-state index contributed by atoms with van der Waals surface area (Å²) < 4.78 is 0. The summed E-state index contributed by atoms with van der Waals surface area (Å²) in [7, 11) is 5.38. The predicted octanol–water partition coefficient (Wildman–Crippen LogP) is -0.0383. The number of nitrogens with one attached hydrogen (secondary N) is 1. The number of nitrogens with zero attached hydrogens (tertiary/aromatic N) is 2. The van der Waals surface area contributed by atoms with Gasteiger partial charge in [0, 0.05) is 33.7 Å². The second-order valence-electron chi connectivity index (χ2n) is 3.50. The van der Waals surface area contributed by atoms with Gasteiger partial charge in [-0.15, -0.1) is 0 Å². The van der Waals surface area contributed by atoms with Crippen molar-refractivity contribution in [2.24, 2.45) is 0 Å². The SMILES string of the molecule is CN(C)C(=O)N(C)CC1CCN1. The molecule has 1 N–H and O–H groups in total. The topological polar surface area (TPSA) is 35.6 Å². The summed E-state index contributed by atoms with van der Waals surface area (Å²) in [6.07, 6.45) is 1.19. The van der Waals surface area contributed by atoms with Crippen LogP contribution in [0.2, 0.25) is 0 Å². The van der Waals surface area contributed by atoms with Crippen LogP contribution in [0.3, 0.4) is 0 Å². The van der Waals surface area contributed by atoms with Crippen LogP contribution in [0.5, 0.6) is 0 Å². The lowest BCUT2D eigenvalue weighted by molar-refractivity contribution is 0.170. The van der Waals surface area contributed by atoms with Crippen LogP contribution in [0.4, 0.5) is 4.79 Å². The third-order valence-corrected chi connectivity index (χ3v) is 2.13. The maximum absolute atomic E-state index is 11.3. The molecule has 4 heteroatoms. The number of likely N-dealkylation sites (N-methyl/N-ethyl adjacent to an activating group) is 1. The highest BCUT2D eigenvalue weighted by molar-refractivity contribution is 5.73. The van der Waals surface area contributed by atoms with E-state index in [-0.39, 0.29) is 6.03 Å². The number of rotatable bonds is 2. The smallest absolute Gasteiger partial charge is 0.319 e. The molecule has 1 heterocycles. The highest BCUT2D eigenvalue weighted by Crippen LogP contribution is 2.04. The van der Waals surface area contributed by atoms with E-state index in [1.54, 1.807) is 23.9 Å². The quantitative estimate of drug-likeness (QED) is 0.633. The summed E-state index contributed by atoms with van der Waals surface area (Å²) in [5.74, 6) is 0. The van der Waals surface area contributed by atoms with Gasteiger partial charge in [0.05, 0.1) is 0 Å². The molecule has 0 saturated carbocycles. The maximum atomic E-state index is 11.3. The van der Waals surface area contributed by atoms with Gasteiger partial charge in [0.2, 0.25) is 0 Å². The highest BCUT2D eigenvalue weighted by Gasteiger charge is 2.20. The van der Waals surface area contributed by atoms with Gasteiger partial charge < -0.3 is 15.1 Å². The zero-order valence-electron chi connectivity index (χ0n) is 8.00. The van der Waals surface area contributed by atoms with Gasteiger partial charge in [-0.1, -0.05) is 0 Å². The molecule has 0 radical (unpaired) electrons. The molecular weight excluding hydrogens is 154 g/mol. The molecule has 1 aliphatic heterocycles. The summed E-state index contributed by atoms with van der Waals surface area (Å²) in [5.41, 5.74) is 0. The third kappa shape index (κ3) is 2.11. The van der Waals surface area contributed by atoms with E-state index >= 15 is 0 Å². The van der Waals surface area contributed by atoms with Crippen LogP contribution in [-0.4, -0.2) is 56.1 Å². The Labute approximate surface area is 73.5 Å². The van der Waals surface area contributed by atoms with Crippen molar-refractivity contribution in [1.82, 2.24) is 15.1 Å². The lowest BCUT2D eigenvalue weighted by Crippen LogP contribution is -2.51. The van der Waals surface area contributed by atoms with Crippen LogP contribution in [0.15, 0.2) is 0 Å². The molecule has 0 aromatic rings. The molecule has 12 heavy (non-hydrogen) atoms. The normalized spacial score (nSPS) is 21.4. The van der Waals surface area contributed by atoms with E-state index in [9.17, 15) is 4.79 Å². The first kappa shape index (κ1) is 9.32. The van der Waals surface area contributed by atoms with E-state index < -0.39 is 0 Å². The Morgan fingerprint density at radius 3 is 2.42 bits per heavy atom. The lowest BCUT2D eigenvalue weighted by atomic mass is 10.1. The monoisotopic (exact) mass is 171 g/mol. The van der Waals surface area contributed by atoms with Crippen LogP contribution < -0.4 is 5.32 Å². The van der Waals surface area contributed by atoms with Gasteiger partial charge in [0.25, 0.3) is 0 Å². The van der Waals surface area contributed by atoms with Gasteiger partial charge in [-0.3, -0.25) is 0 Å². The number of carbonyl (C=O) groups excluding carboxylic acids is 1. The van der Waals surface area contributed by atoms with Gasteiger partial charge in [-0.25, -0.2) is 4.79 Å². The molecule has 4 nitrogen and oxygen atoms in total. The van der Waals surface area contributed by atoms with E-state index in [0.717, 1.165) is 13.1 Å². The molecule has 0 spiro atoms. The second kappa shape index (κ2) is 3.76. The summed E-state index contributed by atoms with van der Waals surface area (Å²) in [6, 6.07) is 0.586. The summed E-state index contributed by atoms with van der Waals surface area (Å²) in [4.78, 5) is 14.7. The van der Waals surface area contributed by atoms with E-state index in [0.29, 0.717) is 6.04 Å². The van der Waals surface area contributed by atoms with Gasteiger partial charge in [0.15, 0.2) is 0 Å². The molecule has 1 saturated heterocycles. The molecule has 1 fully saturated rings. The lowest BCUT2D eigenvalue weighted by Gasteiger charge is -2.32. The van der Waals surface area contributed by atoms with Crippen LogP contribution in [0, 0.1) is 0 Å². The van der Waals surface area contributed by atoms with Crippen molar-refractivity contribution < 1.29 is 4.79 Å². The Morgan fingerprint density at radius 2 is 2.08 bits per heavy atom. The Bertz CT molecular complexity index is 166. The van der Waals surface area contributed by atoms with Crippen molar-refractivity contribution >= 4 is 6.03 Å². The maximum Gasteiger partial charge on any atom is 0.319 e. The first-order valence-electron chi connectivity index (χ1n) is 4.27. The van der Waals surface area contributed by atoms with Gasteiger partial charge in [-0.2, -0.15) is 0 Å². The second-order valence-corrected chi connectivity index (χ2v) is 3.50. The third-order valence-electron chi connectivity index (χ3n) is 2.13. The minimum absolute atomic E-state index is 0.0729. The minimum atomic E-state index is 0.0729. The Morgan fingerprint density at radius 1 is 1.50 bits per heavy atom. The Hall–Kier alpha value is -0.770. The molecule has 1 aliphatic rings. The van der Waals surface area contributed by atoms with E-state index in [1.165, 1.54) is 6.42 Å². The molecule has 1 unspecified atom stereocenters. The van der Waals surface area contributed by atoms with Crippen LogP contribution in [0.25, 0.3) is 0 Å². The first-order valence-corrected chi connectivity index (χ1v) is 4.27. The van der Waals surface area contributed by atoms with Crippen molar-refractivity contribution in [1.29, 1.82) is 0 Å². The zero-order valence-corrected chi connectivity index (χ0v) is 8.00. The molecule has 1 atom stereocenters. The predicted molar refractivity (Wildman–Crippen MR) is 48.1 cm³/mol. The molecule has 2 amide bonds. The van der Waals surface area contributed by atoms with Gasteiger partial charge in [-0.05, 0) is 13.0 Å². The summed E-state index contributed by atoms with van der Waals surface area (Å²) >= 11 is 0. The summed E-state index contributed by atoms with van der Waals surface area (Å²) in [5, 5.41) is 3.26. The summed E-state index contributed by atoms with van der Waals surface area (Å²) in [6.45, 7) is 1.91. The van der Waals surface area contributed by atoms with Crippen molar-refractivity contribution in [2.45, 2.75) is 12.5 Å². The number of hydrogen-bond donors (Lipinski definition) is 1. The fourth-order valence-corrected chi connectivity index (χ4v) is 1.25. The zero-order chi connectivity index (χ0) is 9.14. The molecule has 0 bridgehead atoms. The van der Waals surface area contributed by atoms with Crippen LogP contribution >= 0.6 is 0 Å². The average Bonchev–Trinajstić information content (AvgIpc) is 1.94. The number of hydrogen-bond acceptors (Lipinski definition) is 2. The Kier molecular flexibility index (Phi) is 2.92. The van der Waals surface area contributed by atoms with Gasteiger partial charge in [0.1, 0.15) is 0 Å². The van der Waals surface area contributed by atoms with Crippen molar-refractivity contribution in [3.8, 4) is 0 Å². The van der Waals surface area contributed by atoms with E-state index in [2.05, 4.69) is 5.32 Å². The Balaban J connectivity index is 2.26. The fourth-order valence-electron chi connectivity index (χ4n) is 1.25. The largest absolute Gasteiger partial charge is 0.331 e. The molecule has 70 valence electrons.